The predicted octanol–water partition coefficient (Wildman–Crippen LogP) is 5.33. The van der Waals surface area contributed by atoms with Crippen LogP contribution in [0, 0.1) is 34.7 Å². The summed E-state index contributed by atoms with van der Waals surface area (Å²) in [6, 6.07) is 30.8. The summed E-state index contributed by atoms with van der Waals surface area (Å²) in [6.45, 7) is 6.55. The third kappa shape index (κ3) is 2.88. The van der Waals surface area contributed by atoms with Crippen molar-refractivity contribution in [2.45, 2.75) is 26.9 Å². The molecule has 2 nitrogen and oxygen atoms in total. The maximum Gasteiger partial charge on any atom is 0.250 e. The normalized spacial score (nSPS) is 17.3. The smallest absolute Gasteiger partial charge is 0.250 e. The zero-order valence-corrected chi connectivity index (χ0v) is 21.1. The zero-order chi connectivity index (χ0) is 24.6. The summed E-state index contributed by atoms with van der Waals surface area (Å²) in [7, 11) is 2.19. The molecule has 0 fully saturated rings. The lowest BCUT2D eigenvalue weighted by Gasteiger charge is -2.32. The molecular formula is C34H28NO+. The Morgan fingerprint density at radius 2 is 1.19 bits per heavy atom. The molecule has 174 valence electrons. The lowest BCUT2D eigenvalue weighted by molar-refractivity contribution is -0.413. The molecule has 4 aromatic carbocycles. The van der Waals surface area contributed by atoms with E-state index < -0.39 is 0 Å². The number of rotatable bonds is 0. The Labute approximate surface area is 210 Å². The highest BCUT2D eigenvalue weighted by molar-refractivity contribution is 6.19. The summed E-state index contributed by atoms with van der Waals surface area (Å²) >= 11 is 0. The second-order valence-corrected chi connectivity index (χ2v) is 10.2. The molecule has 7 rings (SSSR count). The fourth-order valence-corrected chi connectivity index (χ4v) is 6.46. The number of allylic oxidation sites excluding steroid dienone is 1. The van der Waals surface area contributed by atoms with Gasteiger partial charge >= 0.3 is 0 Å². The van der Waals surface area contributed by atoms with Crippen molar-refractivity contribution < 1.29 is 9.31 Å². The van der Waals surface area contributed by atoms with Crippen LogP contribution in [0.1, 0.15) is 18.1 Å². The minimum Gasteiger partial charge on any atom is -0.468 e. The quantitative estimate of drug-likeness (QED) is 0.319. The van der Waals surface area contributed by atoms with Crippen LogP contribution in [0.3, 0.4) is 0 Å². The topological polar surface area (TPSA) is 12.2 Å². The molecule has 1 aliphatic heterocycles. The van der Waals surface area contributed by atoms with Crippen molar-refractivity contribution in [2.24, 2.45) is 0 Å². The van der Waals surface area contributed by atoms with Gasteiger partial charge in [0.1, 0.15) is 7.05 Å². The molecule has 2 heteroatoms. The molecule has 1 heterocycles. The van der Waals surface area contributed by atoms with Crippen LogP contribution in [0.2, 0.25) is 0 Å². The van der Waals surface area contributed by atoms with Gasteiger partial charge in [-0.25, -0.2) is 0 Å². The summed E-state index contributed by atoms with van der Waals surface area (Å²) < 4.78 is 9.34. The van der Waals surface area contributed by atoms with Crippen molar-refractivity contribution in [3.63, 3.8) is 0 Å². The zero-order valence-electron chi connectivity index (χ0n) is 21.1. The molecule has 1 atom stereocenters. The maximum atomic E-state index is 6.99. The van der Waals surface area contributed by atoms with Crippen LogP contribution >= 0.6 is 0 Å². The van der Waals surface area contributed by atoms with Gasteiger partial charge in [0, 0.05) is 16.7 Å². The standard InChI is InChI=1S/C34H28NO/c1-20-17-21(2)32-30(18-20)36-34-31-28-16-10-9-14-26(28)24-12-6-5-11-23(24)25-13-7-8-15-27(25)29(31)19-22(3)33(34)35(32)4/h5-19,34H,1-4H3/q+1. The van der Waals surface area contributed by atoms with E-state index in [0.717, 1.165) is 11.4 Å². The Hall–Kier alpha value is -4.17. The third-order valence-electron chi connectivity index (χ3n) is 7.86. The molecule has 0 N–H and O–H groups in total. The van der Waals surface area contributed by atoms with Gasteiger partial charge in [0.25, 0.3) is 5.69 Å². The van der Waals surface area contributed by atoms with Crippen LogP contribution < -0.4 is 15.2 Å². The minimum atomic E-state index is -0.192. The fraction of sp³-hybridized carbons (Fsp3) is 0.147. The van der Waals surface area contributed by atoms with Crippen LogP contribution in [-0.2, 0) is 0 Å². The Morgan fingerprint density at radius 3 is 1.83 bits per heavy atom. The van der Waals surface area contributed by atoms with Gasteiger partial charge in [-0.2, -0.15) is 4.58 Å². The second-order valence-electron chi connectivity index (χ2n) is 10.2. The Morgan fingerprint density at radius 1 is 0.667 bits per heavy atom. The first-order valence-corrected chi connectivity index (χ1v) is 12.6. The number of ether oxygens (including phenoxy) is 1. The summed E-state index contributed by atoms with van der Waals surface area (Å²) in [5, 5.41) is 7.54. The first-order chi connectivity index (χ1) is 17.5. The average Bonchev–Trinajstić information content (AvgIpc) is 2.87. The van der Waals surface area contributed by atoms with E-state index in [1.54, 1.807) is 0 Å². The van der Waals surface area contributed by atoms with Crippen molar-refractivity contribution >= 4 is 22.5 Å². The molecule has 2 aliphatic carbocycles. The first kappa shape index (κ1) is 21.1. The fourth-order valence-electron chi connectivity index (χ4n) is 6.46. The summed E-state index contributed by atoms with van der Waals surface area (Å²) in [5.74, 6) is 0.957. The number of hydrogen-bond donors (Lipinski definition) is 0. The molecule has 4 aromatic rings. The SMILES string of the molecule is CC1=CC2=c3ccccc3=c3ccccc3=c3ccccc3=C2C2Oc3cc(C)cc(C)c3[N+](C)=C12. The molecule has 0 saturated carbocycles. The van der Waals surface area contributed by atoms with E-state index in [2.05, 4.69) is 123 Å². The highest BCUT2D eigenvalue weighted by Gasteiger charge is 2.42. The Kier molecular flexibility index (Phi) is 4.50. The van der Waals surface area contributed by atoms with Gasteiger partial charge in [-0.1, -0.05) is 72.8 Å². The lowest BCUT2D eigenvalue weighted by atomic mass is 9.81. The highest BCUT2D eigenvalue weighted by atomic mass is 16.5. The molecule has 0 spiro atoms. The van der Waals surface area contributed by atoms with Crippen molar-refractivity contribution in [2.75, 3.05) is 7.05 Å². The Bertz CT molecular complexity index is 2010. The van der Waals surface area contributed by atoms with Crippen LogP contribution in [0.4, 0.5) is 5.69 Å². The highest BCUT2D eigenvalue weighted by Crippen LogP contribution is 2.41. The third-order valence-corrected chi connectivity index (χ3v) is 7.86. The van der Waals surface area contributed by atoms with Crippen molar-refractivity contribution in [3.05, 3.63) is 139 Å². The van der Waals surface area contributed by atoms with Crippen molar-refractivity contribution in [1.29, 1.82) is 0 Å². The molecule has 0 amide bonds. The van der Waals surface area contributed by atoms with Crippen LogP contribution in [0.25, 0.3) is 11.1 Å². The van der Waals surface area contributed by atoms with E-state index in [1.165, 1.54) is 64.9 Å². The predicted molar refractivity (Wildman–Crippen MR) is 146 cm³/mol. The van der Waals surface area contributed by atoms with Gasteiger partial charge in [0.2, 0.25) is 11.8 Å². The maximum absolute atomic E-state index is 6.99. The molecule has 0 bridgehead atoms. The van der Waals surface area contributed by atoms with Crippen LogP contribution in [0.5, 0.6) is 5.75 Å². The van der Waals surface area contributed by atoms with Crippen LogP contribution in [-0.4, -0.2) is 23.4 Å². The minimum absolute atomic E-state index is 0.192. The number of hydrogen-bond acceptors (Lipinski definition) is 1. The lowest BCUT2D eigenvalue weighted by Crippen LogP contribution is -2.43. The summed E-state index contributed by atoms with van der Waals surface area (Å²) in [4.78, 5) is 0. The van der Waals surface area contributed by atoms with E-state index in [4.69, 9.17) is 4.74 Å². The van der Waals surface area contributed by atoms with Gasteiger partial charge in [-0.15, -0.1) is 0 Å². The van der Waals surface area contributed by atoms with Crippen LogP contribution in [0.15, 0.2) is 96.6 Å². The molecule has 0 radical (unpaired) electrons. The monoisotopic (exact) mass is 466 g/mol. The summed E-state index contributed by atoms with van der Waals surface area (Å²) in [5.41, 5.74) is 8.57. The number of aryl methyl sites for hydroxylation is 2. The molecule has 1 unspecified atom stereocenters. The number of nitrogens with zero attached hydrogens (tertiary/aromatic N) is 1. The van der Waals surface area contributed by atoms with E-state index in [0.29, 0.717) is 0 Å². The van der Waals surface area contributed by atoms with Gasteiger partial charge in [-0.3, -0.25) is 0 Å². The van der Waals surface area contributed by atoms with Gasteiger partial charge in [-0.05, 0) is 81.4 Å². The van der Waals surface area contributed by atoms with E-state index in [-0.39, 0.29) is 6.10 Å². The molecule has 0 saturated heterocycles. The van der Waals surface area contributed by atoms with E-state index >= 15 is 0 Å². The molecule has 36 heavy (non-hydrogen) atoms. The van der Waals surface area contributed by atoms with E-state index in [1.807, 2.05) is 0 Å². The second kappa shape index (κ2) is 7.66. The largest absolute Gasteiger partial charge is 0.468 e. The Balaban J connectivity index is 1.78. The molecule has 0 aromatic heterocycles. The number of benzene rings is 4. The average molecular weight is 467 g/mol. The summed E-state index contributed by atoms with van der Waals surface area (Å²) in [6.07, 6.45) is 2.18. The van der Waals surface area contributed by atoms with Gasteiger partial charge in [0.15, 0.2) is 5.75 Å². The van der Waals surface area contributed by atoms with Crippen molar-refractivity contribution in [3.8, 4) is 5.75 Å². The molecular weight excluding hydrogens is 438 g/mol. The van der Waals surface area contributed by atoms with Gasteiger partial charge < -0.3 is 4.74 Å². The molecule has 3 aliphatic rings. The van der Waals surface area contributed by atoms with Crippen molar-refractivity contribution in [1.82, 2.24) is 0 Å². The first-order valence-electron chi connectivity index (χ1n) is 12.6. The van der Waals surface area contributed by atoms with Gasteiger partial charge in [0.05, 0.1) is 0 Å². The number of fused-ring (bicyclic) bond motifs is 7. The van der Waals surface area contributed by atoms with E-state index in [9.17, 15) is 0 Å².